The summed E-state index contributed by atoms with van der Waals surface area (Å²) in [5.41, 5.74) is 2.50. The van der Waals surface area contributed by atoms with E-state index in [1.165, 1.54) is 12.1 Å². The molecule has 1 aromatic heterocycles. The quantitative estimate of drug-likeness (QED) is 0.795. The summed E-state index contributed by atoms with van der Waals surface area (Å²) in [6.45, 7) is 0.374. The van der Waals surface area contributed by atoms with Gasteiger partial charge < -0.3 is 4.90 Å². The molecular weight excluding hydrogens is 279 g/mol. The Morgan fingerprint density at radius 1 is 1.25 bits per heavy atom. The highest BCUT2D eigenvalue weighted by Gasteiger charge is 2.24. The molecule has 2 heterocycles. The Labute approximate surface area is 121 Å². The van der Waals surface area contributed by atoms with Crippen molar-refractivity contribution in [3.63, 3.8) is 0 Å². The molecule has 0 saturated carbocycles. The third-order valence-electron chi connectivity index (χ3n) is 3.38. The van der Waals surface area contributed by atoms with Gasteiger partial charge in [0, 0.05) is 12.6 Å². The first-order chi connectivity index (χ1) is 9.63. The van der Waals surface area contributed by atoms with Crippen molar-refractivity contribution in [3.05, 3.63) is 58.6 Å². The van der Waals surface area contributed by atoms with Gasteiger partial charge in [0.2, 0.25) is 5.91 Å². The highest BCUT2D eigenvalue weighted by Crippen LogP contribution is 2.29. The molecule has 2 aromatic rings. The smallest absolute Gasteiger partial charge is 0.227 e. The molecule has 0 N–H and O–H groups in total. The molecule has 0 bridgehead atoms. The van der Waals surface area contributed by atoms with Crippen LogP contribution >= 0.6 is 11.6 Å². The second-order valence-electron chi connectivity index (χ2n) is 4.74. The predicted octanol–water partition coefficient (Wildman–Crippen LogP) is 3.35. The van der Waals surface area contributed by atoms with E-state index in [0.717, 1.165) is 11.1 Å². The molecule has 3 nitrogen and oxygen atoms in total. The van der Waals surface area contributed by atoms with Crippen molar-refractivity contribution in [1.82, 2.24) is 4.98 Å². The van der Waals surface area contributed by atoms with Gasteiger partial charge in [0.1, 0.15) is 11.0 Å². The molecule has 0 radical (unpaired) electrons. The van der Waals surface area contributed by atoms with Crippen LogP contribution in [0.4, 0.5) is 10.1 Å². The van der Waals surface area contributed by atoms with Crippen LogP contribution in [-0.2, 0) is 17.8 Å². The lowest BCUT2D eigenvalue weighted by molar-refractivity contribution is -0.119. The van der Waals surface area contributed by atoms with Crippen molar-refractivity contribution in [2.45, 2.75) is 19.4 Å². The van der Waals surface area contributed by atoms with Crippen LogP contribution in [0.15, 0.2) is 36.5 Å². The second-order valence-corrected chi connectivity index (χ2v) is 5.13. The third-order valence-corrected chi connectivity index (χ3v) is 3.60. The number of aryl methyl sites for hydroxylation is 1. The number of amides is 1. The molecule has 5 heteroatoms. The highest BCUT2D eigenvalue weighted by atomic mass is 35.5. The molecule has 102 valence electrons. The molecule has 0 spiro atoms. The number of hydrogen-bond acceptors (Lipinski definition) is 2. The van der Waals surface area contributed by atoms with Crippen molar-refractivity contribution in [2.24, 2.45) is 0 Å². The van der Waals surface area contributed by atoms with Gasteiger partial charge in [0.25, 0.3) is 0 Å². The number of hydrogen-bond donors (Lipinski definition) is 0. The van der Waals surface area contributed by atoms with Gasteiger partial charge in [-0.15, -0.1) is 0 Å². The first-order valence-electron chi connectivity index (χ1n) is 6.33. The number of aromatic nitrogens is 1. The molecule has 0 fully saturated rings. The average Bonchev–Trinajstić information content (AvgIpc) is 2.44. The predicted molar refractivity (Wildman–Crippen MR) is 75.2 cm³/mol. The summed E-state index contributed by atoms with van der Waals surface area (Å²) in [7, 11) is 0. The minimum atomic E-state index is -0.335. The van der Waals surface area contributed by atoms with Crippen LogP contribution in [0.25, 0.3) is 0 Å². The van der Waals surface area contributed by atoms with Gasteiger partial charge in [-0.3, -0.25) is 4.79 Å². The zero-order valence-electron chi connectivity index (χ0n) is 10.6. The Hall–Kier alpha value is -1.94. The Balaban J connectivity index is 1.94. The number of pyridine rings is 1. The number of carbonyl (C=O) groups is 1. The molecule has 3 rings (SSSR count). The van der Waals surface area contributed by atoms with E-state index < -0.39 is 0 Å². The zero-order chi connectivity index (χ0) is 14.1. The SMILES string of the molecule is O=C1CCc2ccc(F)cc2N1Cc1ccc(Cl)nc1. The zero-order valence-corrected chi connectivity index (χ0v) is 11.4. The van der Waals surface area contributed by atoms with Gasteiger partial charge in [0.05, 0.1) is 12.2 Å². The number of anilines is 1. The van der Waals surface area contributed by atoms with Gasteiger partial charge in [-0.25, -0.2) is 9.37 Å². The summed E-state index contributed by atoms with van der Waals surface area (Å²) in [5.74, 6) is -0.337. The molecule has 0 aliphatic carbocycles. The molecule has 1 aliphatic rings. The monoisotopic (exact) mass is 290 g/mol. The molecular formula is C15H12ClFN2O. The van der Waals surface area contributed by atoms with Crippen LogP contribution in [0, 0.1) is 5.82 Å². The summed E-state index contributed by atoms with van der Waals surface area (Å²) < 4.78 is 13.4. The fraction of sp³-hybridized carbons (Fsp3) is 0.200. The number of carbonyl (C=O) groups excluding carboxylic acids is 1. The number of nitrogens with zero attached hydrogens (tertiary/aromatic N) is 2. The van der Waals surface area contributed by atoms with Crippen LogP contribution in [0.5, 0.6) is 0 Å². The fourth-order valence-corrected chi connectivity index (χ4v) is 2.48. The van der Waals surface area contributed by atoms with Crippen LogP contribution in [0.1, 0.15) is 17.5 Å². The summed E-state index contributed by atoms with van der Waals surface area (Å²) in [4.78, 5) is 17.7. The topological polar surface area (TPSA) is 33.2 Å². The van der Waals surface area contributed by atoms with E-state index in [2.05, 4.69) is 4.98 Å². The van der Waals surface area contributed by atoms with Crippen LogP contribution < -0.4 is 4.90 Å². The van der Waals surface area contributed by atoms with Crippen LogP contribution in [0.3, 0.4) is 0 Å². The van der Waals surface area contributed by atoms with Crippen molar-refractivity contribution >= 4 is 23.2 Å². The maximum atomic E-state index is 13.4. The number of halogens is 2. The Bertz CT molecular complexity index is 657. The normalized spacial score (nSPS) is 14.3. The van der Waals surface area contributed by atoms with Crippen molar-refractivity contribution in [2.75, 3.05) is 4.90 Å². The lowest BCUT2D eigenvalue weighted by atomic mass is 10.0. The molecule has 0 unspecified atom stereocenters. The minimum Gasteiger partial charge on any atom is -0.308 e. The summed E-state index contributed by atoms with van der Waals surface area (Å²) >= 11 is 5.74. The lowest BCUT2D eigenvalue weighted by Crippen LogP contribution is -2.34. The van der Waals surface area contributed by atoms with Gasteiger partial charge in [-0.2, -0.15) is 0 Å². The van der Waals surface area contributed by atoms with Crippen LogP contribution in [-0.4, -0.2) is 10.9 Å². The Kier molecular flexibility index (Phi) is 3.40. The summed E-state index contributed by atoms with van der Waals surface area (Å²) in [6, 6.07) is 8.07. The first kappa shape index (κ1) is 13.1. The van der Waals surface area contributed by atoms with Crippen molar-refractivity contribution < 1.29 is 9.18 Å². The third kappa shape index (κ3) is 2.51. The highest BCUT2D eigenvalue weighted by molar-refractivity contribution is 6.29. The van der Waals surface area contributed by atoms with Gasteiger partial charge in [-0.05, 0) is 35.7 Å². The molecule has 1 aliphatic heterocycles. The minimum absolute atomic E-state index is 0.00181. The number of rotatable bonds is 2. The molecule has 1 amide bonds. The maximum absolute atomic E-state index is 13.4. The standard InChI is InChI=1S/C15H12ClFN2O/c16-14-5-1-10(8-18-14)9-19-13-7-12(17)4-2-11(13)3-6-15(19)20/h1-2,4-5,7-8H,3,6,9H2. The Morgan fingerprint density at radius 3 is 2.85 bits per heavy atom. The molecule has 20 heavy (non-hydrogen) atoms. The van der Waals surface area contributed by atoms with E-state index in [1.807, 2.05) is 6.07 Å². The fourth-order valence-electron chi connectivity index (χ4n) is 2.37. The summed E-state index contributed by atoms with van der Waals surface area (Å²) in [5, 5.41) is 0.408. The van der Waals surface area contributed by atoms with Crippen LogP contribution in [0.2, 0.25) is 5.15 Å². The molecule has 0 saturated heterocycles. The summed E-state index contributed by atoms with van der Waals surface area (Å²) in [6.07, 6.45) is 2.73. The maximum Gasteiger partial charge on any atom is 0.227 e. The van der Waals surface area contributed by atoms with E-state index in [-0.39, 0.29) is 11.7 Å². The number of fused-ring (bicyclic) bond motifs is 1. The van der Waals surface area contributed by atoms with E-state index in [9.17, 15) is 9.18 Å². The van der Waals surface area contributed by atoms with Crippen molar-refractivity contribution in [3.8, 4) is 0 Å². The molecule has 1 aromatic carbocycles. The van der Waals surface area contributed by atoms with E-state index in [0.29, 0.717) is 30.2 Å². The second kappa shape index (κ2) is 5.21. The average molecular weight is 291 g/mol. The van der Waals surface area contributed by atoms with Gasteiger partial charge in [0.15, 0.2) is 0 Å². The van der Waals surface area contributed by atoms with Crippen molar-refractivity contribution in [1.29, 1.82) is 0 Å². The van der Waals surface area contributed by atoms with Gasteiger partial charge in [-0.1, -0.05) is 23.7 Å². The molecule has 0 atom stereocenters. The van der Waals surface area contributed by atoms with E-state index in [4.69, 9.17) is 11.6 Å². The Morgan fingerprint density at radius 2 is 2.10 bits per heavy atom. The van der Waals surface area contributed by atoms with E-state index in [1.54, 1.807) is 23.2 Å². The van der Waals surface area contributed by atoms with E-state index >= 15 is 0 Å². The first-order valence-corrected chi connectivity index (χ1v) is 6.70. The number of benzene rings is 1. The largest absolute Gasteiger partial charge is 0.308 e. The lowest BCUT2D eigenvalue weighted by Gasteiger charge is -2.29. The van der Waals surface area contributed by atoms with Gasteiger partial charge >= 0.3 is 0 Å².